The van der Waals surface area contributed by atoms with Crippen LogP contribution in [0, 0.1) is 0 Å². The lowest BCUT2D eigenvalue weighted by atomic mass is 10.2. The van der Waals surface area contributed by atoms with Gasteiger partial charge in [-0.2, -0.15) is 5.10 Å². The largest absolute Gasteiger partial charge is 0.493 e. The van der Waals surface area contributed by atoms with E-state index in [1.807, 2.05) is 36.5 Å². The summed E-state index contributed by atoms with van der Waals surface area (Å²) in [6.45, 7) is 3.63. The van der Waals surface area contributed by atoms with E-state index in [-0.39, 0.29) is 0 Å². The number of rotatable bonds is 5. The Bertz CT molecular complexity index is 726. The average molecular weight is 360 g/mol. The third kappa shape index (κ3) is 4.37. The van der Waals surface area contributed by atoms with Crippen molar-refractivity contribution < 1.29 is 9.47 Å². The molecule has 0 aliphatic carbocycles. The summed E-state index contributed by atoms with van der Waals surface area (Å²) in [5.41, 5.74) is 2.19. The highest BCUT2D eigenvalue weighted by Crippen LogP contribution is 2.27. The molecule has 6 heteroatoms. The van der Waals surface area contributed by atoms with Crippen molar-refractivity contribution in [2.75, 3.05) is 45.3 Å². The van der Waals surface area contributed by atoms with Gasteiger partial charge in [0.2, 0.25) is 0 Å². The van der Waals surface area contributed by atoms with E-state index in [1.165, 1.54) is 5.69 Å². The first kappa shape index (κ1) is 17.4. The number of ether oxygens (including phenoxy) is 2. The number of halogens is 1. The summed E-state index contributed by atoms with van der Waals surface area (Å²) in [4.78, 5) is 2.35. The van der Waals surface area contributed by atoms with Crippen molar-refractivity contribution in [1.82, 2.24) is 5.01 Å². The third-order valence-electron chi connectivity index (χ3n) is 4.23. The van der Waals surface area contributed by atoms with Gasteiger partial charge in [0.05, 0.1) is 33.5 Å². The summed E-state index contributed by atoms with van der Waals surface area (Å²) in [6.07, 6.45) is 1.86. The Balaban J connectivity index is 1.58. The molecule has 0 radical (unpaired) electrons. The maximum Gasteiger partial charge on any atom is 0.161 e. The summed E-state index contributed by atoms with van der Waals surface area (Å²) in [5, 5.41) is 7.44. The molecular weight excluding hydrogens is 338 g/mol. The molecule has 1 fully saturated rings. The first-order chi connectivity index (χ1) is 12.2. The van der Waals surface area contributed by atoms with Gasteiger partial charge in [0, 0.05) is 23.8 Å². The van der Waals surface area contributed by atoms with E-state index in [2.05, 4.69) is 27.1 Å². The maximum absolute atomic E-state index is 5.95. The van der Waals surface area contributed by atoms with E-state index >= 15 is 0 Å². The molecule has 2 aromatic rings. The molecule has 0 unspecified atom stereocenters. The minimum atomic E-state index is 0.707. The smallest absolute Gasteiger partial charge is 0.161 e. The highest BCUT2D eigenvalue weighted by Gasteiger charge is 2.15. The van der Waals surface area contributed by atoms with Crippen LogP contribution in [0.3, 0.4) is 0 Å². The Labute approximate surface area is 153 Å². The fourth-order valence-electron chi connectivity index (χ4n) is 2.80. The zero-order valence-corrected chi connectivity index (χ0v) is 15.2. The predicted octanol–water partition coefficient (Wildman–Crippen LogP) is 3.51. The molecule has 0 saturated carbocycles. The molecule has 2 aromatic carbocycles. The second kappa shape index (κ2) is 8.12. The lowest BCUT2D eigenvalue weighted by Gasteiger charge is -2.34. The normalized spacial score (nSPS) is 14.8. The second-order valence-corrected chi connectivity index (χ2v) is 6.21. The number of nitrogens with zero attached hydrogens (tertiary/aromatic N) is 3. The van der Waals surface area contributed by atoms with Crippen LogP contribution in [-0.2, 0) is 0 Å². The molecule has 1 heterocycles. The molecule has 5 nitrogen and oxygen atoms in total. The van der Waals surface area contributed by atoms with Crippen molar-refractivity contribution in [3.63, 3.8) is 0 Å². The minimum Gasteiger partial charge on any atom is -0.493 e. The van der Waals surface area contributed by atoms with Gasteiger partial charge in [-0.1, -0.05) is 11.6 Å². The van der Waals surface area contributed by atoms with Crippen molar-refractivity contribution in [2.45, 2.75) is 0 Å². The molecule has 0 bridgehead atoms. The Hall–Kier alpha value is -2.40. The Morgan fingerprint density at radius 1 is 0.920 bits per heavy atom. The van der Waals surface area contributed by atoms with Crippen molar-refractivity contribution in [1.29, 1.82) is 0 Å². The zero-order chi connectivity index (χ0) is 17.6. The fourth-order valence-corrected chi connectivity index (χ4v) is 2.93. The monoisotopic (exact) mass is 359 g/mol. The van der Waals surface area contributed by atoms with Crippen molar-refractivity contribution in [3.05, 3.63) is 53.1 Å². The average Bonchev–Trinajstić information content (AvgIpc) is 2.67. The predicted molar refractivity (Wildman–Crippen MR) is 102 cm³/mol. The molecule has 0 aromatic heterocycles. The van der Waals surface area contributed by atoms with Gasteiger partial charge >= 0.3 is 0 Å². The van der Waals surface area contributed by atoms with Crippen LogP contribution in [0.25, 0.3) is 0 Å². The number of methoxy groups -OCH3 is 2. The topological polar surface area (TPSA) is 37.3 Å². The molecular formula is C19H22ClN3O2. The first-order valence-electron chi connectivity index (χ1n) is 8.21. The number of anilines is 1. The van der Waals surface area contributed by atoms with Gasteiger partial charge in [0.1, 0.15) is 0 Å². The highest BCUT2D eigenvalue weighted by atomic mass is 35.5. The van der Waals surface area contributed by atoms with Gasteiger partial charge in [-0.25, -0.2) is 0 Å². The second-order valence-electron chi connectivity index (χ2n) is 5.78. The van der Waals surface area contributed by atoms with Crippen molar-refractivity contribution >= 4 is 23.5 Å². The van der Waals surface area contributed by atoms with Crippen LogP contribution in [0.5, 0.6) is 11.5 Å². The van der Waals surface area contributed by atoms with Crippen LogP contribution in [0.2, 0.25) is 5.02 Å². The summed E-state index contributed by atoms with van der Waals surface area (Å²) in [6, 6.07) is 13.8. The molecule has 0 atom stereocenters. The SMILES string of the molecule is COc1ccc(/C=N\N2CCN(c3ccc(Cl)cc3)CC2)cc1OC. The minimum absolute atomic E-state index is 0.707. The lowest BCUT2D eigenvalue weighted by molar-refractivity contribution is 0.272. The van der Waals surface area contributed by atoms with Crippen LogP contribution in [0.1, 0.15) is 5.56 Å². The van der Waals surface area contributed by atoms with Gasteiger partial charge in [0.15, 0.2) is 11.5 Å². The van der Waals surface area contributed by atoms with E-state index in [0.29, 0.717) is 5.75 Å². The number of benzene rings is 2. The van der Waals surface area contributed by atoms with Gasteiger partial charge in [-0.05, 0) is 48.0 Å². The van der Waals surface area contributed by atoms with Crippen LogP contribution in [0.4, 0.5) is 5.69 Å². The fraction of sp³-hybridized carbons (Fsp3) is 0.316. The number of hydrogen-bond donors (Lipinski definition) is 0. The van der Waals surface area contributed by atoms with Gasteiger partial charge in [0.25, 0.3) is 0 Å². The van der Waals surface area contributed by atoms with Crippen LogP contribution in [-0.4, -0.2) is 51.6 Å². The Morgan fingerprint density at radius 2 is 1.60 bits per heavy atom. The first-order valence-corrected chi connectivity index (χ1v) is 8.59. The molecule has 25 heavy (non-hydrogen) atoms. The molecule has 0 spiro atoms. The van der Waals surface area contributed by atoms with E-state index in [0.717, 1.165) is 42.5 Å². The molecule has 0 N–H and O–H groups in total. The van der Waals surface area contributed by atoms with E-state index in [4.69, 9.17) is 21.1 Å². The lowest BCUT2D eigenvalue weighted by Crippen LogP contribution is -2.44. The standard InChI is InChI=1S/C19H22ClN3O2/c1-24-18-8-3-15(13-19(18)25-2)14-21-23-11-9-22(10-12-23)17-6-4-16(20)5-7-17/h3-8,13-14H,9-12H2,1-2H3/b21-14-. The Morgan fingerprint density at radius 3 is 2.24 bits per heavy atom. The number of hydrazone groups is 1. The van der Waals surface area contributed by atoms with Crippen molar-refractivity contribution in [2.24, 2.45) is 5.10 Å². The highest BCUT2D eigenvalue weighted by molar-refractivity contribution is 6.30. The van der Waals surface area contributed by atoms with Gasteiger partial charge in [-0.3, -0.25) is 5.01 Å². The summed E-state index contributed by atoms with van der Waals surface area (Å²) >= 11 is 5.95. The van der Waals surface area contributed by atoms with Crippen LogP contribution in [0.15, 0.2) is 47.6 Å². The summed E-state index contributed by atoms with van der Waals surface area (Å²) in [5.74, 6) is 1.43. The van der Waals surface area contributed by atoms with Crippen LogP contribution >= 0.6 is 11.6 Å². The van der Waals surface area contributed by atoms with E-state index in [1.54, 1.807) is 14.2 Å². The Kier molecular flexibility index (Phi) is 5.66. The molecule has 1 aliphatic rings. The third-order valence-corrected chi connectivity index (χ3v) is 4.48. The molecule has 3 rings (SSSR count). The van der Waals surface area contributed by atoms with Gasteiger partial charge < -0.3 is 14.4 Å². The molecule has 1 aliphatic heterocycles. The number of piperazine rings is 1. The summed E-state index contributed by atoms with van der Waals surface area (Å²) < 4.78 is 10.6. The summed E-state index contributed by atoms with van der Waals surface area (Å²) in [7, 11) is 3.26. The zero-order valence-electron chi connectivity index (χ0n) is 14.5. The van der Waals surface area contributed by atoms with E-state index in [9.17, 15) is 0 Å². The molecule has 132 valence electrons. The molecule has 1 saturated heterocycles. The quantitative estimate of drug-likeness (QED) is 0.765. The van der Waals surface area contributed by atoms with Crippen LogP contribution < -0.4 is 14.4 Å². The van der Waals surface area contributed by atoms with E-state index < -0.39 is 0 Å². The number of hydrogen-bond acceptors (Lipinski definition) is 5. The van der Waals surface area contributed by atoms with Crippen molar-refractivity contribution in [3.8, 4) is 11.5 Å². The molecule has 0 amide bonds. The van der Waals surface area contributed by atoms with Gasteiger partial charge in [-0.15, -0.1) is 0 Å². The maximum atomic E-state index is 5.95.